The van der Waals surface area contributed by atoms with Crippen LogP contribution in [0, 0.1) is 6.92 Å². The highest BCUT2D eigenvalue weighted by Crippen LogP contribution is 2.31. The lowest BCUT2D eigenvalue weighted by Crippen LogP contribution is -2.03. The minimum Gasteiger partial charge on any atom is -0.315 e. The molecule has 0 atom stereocenters. The van der Waals surface area contributed by atoms with Gasteiger partial charge in [0, 0.05) is 12.1 Å². The Morgan fingerprint density at radius 1 is 1.44 bits per heavy atom. The summed E-state index contributed by atoms with van der Waals surface area (Å²) in [4.78, 5) is 5.77. The van der Waals surface area contributed by atoms with Gasteiger partial charge in [0.2, 0.25) is 0 Å². The van der Waals surface area contributed by atoms with Crippen molar-refractivity contribution in [1.29, 1.82) is 0 Å². The lowest BCUT2D eigenvalue weighted by atomic mass is 10.1. The molecule has 2 nitrogen and oxygen atoms in total. The molecule has 4 heteroatoms. The third kappa shape index (κ3) is 2.51. The zero-order valence-corrected chi connectivity index (χ0v) is 11.7. The average Bonchev–Trinajstić information content (AvgIpc) is 2.61. The predicted molar refractivity (Wildman–Crippen MR) is 72.8 cm³/mol. The van der Waals surface area contributed by atoms with Crippen LogP contribution in [0.2, 0.25) is 0 Å². The van der Waals surface area contributed by atoms with Crippen LogP contribution < -0.4 is 5.32 Å². The largest absolute Gasteiger partial charge is 0.315 e. The number of hydrogen-bond acceptors (Lipinski definition) is 3. The van der Waals surface area contributed by atoms with Gasteiger partial charge in [-0.05, 0) is 36.0 Å². The molecule has 1 heterocycles. The zero-order valence-electron chi connectivity index (χ0n) is 9.25. The highest BCUT2D eigenvalue weighted by molar-refractivity contribution is 9.10. The molecule has 0 spiro atoms. The quantitative estimate of drug-likeness (QED) is 0.936. The first-order chi connectivity index (χ1) is 7.70. The van der Waals surface area contributed by atoms with Gasteiger partial charge in [-0.2, -0.15) is 0 Å². The monoisotopic (exact) mass is 296 g/mol. The summed E-state index contributed by atoms with van der Waals surface area (Å²) in [5.41, 5.74) is 2.45. The van der Waals surface area contributed by atoms with E-state index in [9.17, 15) is 0 Å². The number of nitrogens with zero attached hydrogens (tertiary/aromatic N) is 1. The van der Waals surface area contributed by atoms with E-state index in [1.165, 1.54) is 16.0 Å². The number of aryl methyl sites for hydroxylation is 1. The highest BCUT2D eigenvalue weighted by Gasteiger charge is 2.09. The lowest BCUT2D eigenvalue weighted by Gasteiger charge is -1.97. The highest BCUT2D eigenvalue weighted by atomic mass is 79.9. The van der Waals surface area contributed by atoms with Gasteiger partial charge in [0.25, 0.3) is 0 Å². The van der Waals surface area contributed by atoms with Crippen molar-refractivity contribution in [2.24, 2.45) is 0 Å². The first-order valence-electron chi connectivity index (χ1n) is 5.07. The van der Waals surface area contributed by atoms with E-state index in [4.69, 9.17) is 0 Å². The molecule has 16 heavy (non-hydrogen) atoms. The van der Waals surface area contributed by atoms with Gasteiger partial charge in [0.1, 0.15) is 9.61 Å². The van der Waals surface area contributed by atoms with E-state index in [1.807, 2.05) is 7.05 Å². The number of halogens is 1. The van der Waals surface area contributed by atoms with Crippen LogP contribution in [0.3, 0.4) is 0 Å². The second-order valence-electron chi connectivity index (χ2n) is 3.63. The lowest BCUT2D eigenvalue weighted by molar-refractivity contribution is 0.825. The predicted octanol–water partition coefficient (Wildman–Crippen LogP) is 3.60. The normalized spacial score (nSPS) is 10.7. The van der Waals surface area contributed by atoms with Gasteiger partial charge < -0.3 is 5.32 Å². The maximum atomic E-state index is 4.54. The number of aromatic nitrogens is 1. The molecule has 1 aromatic heterocycles. The molecule has 2 aromatic rings. The summed E-state index contributed by atoms with van der Waals surface area (Å²) in [6.45, 7) is 2.95. The Balaban J connectivity index is 2.37. The molecular weight excluding hydrogens is 284 g/mol. The summed E-state index contributed by atoms with van der Waals surface area (Å²) in [5.74, 6) is 0. The van der Waals surface area contributed by atoms with Crippen molar-refractivity contribution in [1.82, 2.24) is 10.3 Å². The summed E-state index contributed by atoms with van der Waals surface area (Å²) in [5, 5.41) is 4.21. The van der Waals surface area contributed by atoms with Gasteiger partial charge in [-0.25, -0.2) is 4.98 Å². The molecule has 0 aliphatic heterocycles. The summed E-state index contributed by atoms with van der Waals surface area (Å²) >= 11 is 5.22. The van der Waals surface area contributed by atoms with Crippen molar-refractivity contribution >= 4 is 27.3 Å². The molecule has 2 rings (SSSR count). The SMILES string of the molecule is CNCc1sc(-c2cccc(C)c2)nc1Br. The van der Waals surface area contributed by atoms with Crippen LogP contribution in [0.15, 0.2) is 28.9 Å². The molecule has 1 aromatic carbocycles. The Morgan fingerprint density at radius 2 is 2.25 bits per heavy atom. The number of nitrogens with one attached hydrogen (secondary N) is 1. The summed E-state index contributed by atoms with van der Waals surface area (Å²) in [6.07, 6.45) is 0. The molecule has 84 valence electrons. The van der Waals surface area contributed by atoms with E-state index in [-0.39, 0.29) is 0 Å². The molecule has 0 amide bonds. The third-order valence-corrected chi connectivity index (χ3v) is 4.27. The van der Waals surface area contributed by atoms with Crippen molar-refractivity contribution in [2.45, 2.75) is 13.5 Å². The second-order valence-corrected chi connectivity index (χ2v) is 5.47. The summed E-state index contributed by atoms with van der Waals surface area (Å²) in [7, 11) is 1.94. The molecule has 1 N–H and O–H groups in total. The molecule has 0 aliphatic rings. The van der Waals surface area contributed by atoms with Gasteiger partial charge in [-0.1, -0.05) is 23.8 Å². The minimum absolute atomic E-state index is 0.851. The van der Waals surface area contributed by atoms with Crippen LogP contribution in [0.5, 0.6) is 0 Å². The molecule has 0 aliphatic carbocycles. The van der Waals surface area contributed by atoms with Crippen LogP contribution in [-0.2, 0) is 6.54 Å². The van der Waals surface area contributed by atoms with Crippen LogP contribution in [0.4, 0.5) is 0 Å². The topological polar surface area (TPSA) is 24.9 Å². The van der Waals surface area contributed by atoms with Crippen molar-refractivity contribution in [3.63, 3.8) is 0 Å². The van der Waals surface area contributed by atoms with Crippen LogP contribution in [0.1, 0.15) is 10.4 Å². The maximum Gasteiger partial charge on any atom is 0.125 e. The fourth-order valence-electron chi connectivity index (χ4n) is 1.50. The van der Waals surface area contributed by atoms with Gasteiger partial charge in [0.05, 0.1) is 4.88 Å². The van der Waals surface area contributed by atoms with Crippen LogP contribution >= 0.6 is 27.3 Å². The Morgan fingerprint density at radius 3 is 2.94 bits per heavy atom. The van der Waals surface area contributed by atoms with Crippen LogP contribution in [0.25, 0.3) is 10.6 Å². The minimum atomic E-state index is 0.851. The molecule has 0 fully saturated rings. The fourth-order valence-corrected chi connectivity index (χ4v) is 3.14. The van der Waals surface area contributed by atoms with Crippen molar-refractivity contribution < 1.29 is 0 Å². The third-order valence-electron chi connectivity index (χ3n) is 2.25. The number of rotatable bonds is 3. The number of thiazole rings is 1. The van der Waals surface area contributed by atoms with E-state index in [1.54, 1.807) is 11.3 Å². The Labute approximate surface area is 108 Å². The fraction of sp³-hybridized carbons (Fsp3) is 0.250. The van der Waals surface area contributed by atoms with E-state index in [0.717, 1.165) is 16.2 Å². The standard InChI is InChI=1S/C12H13BrN2S/c1-8-4-3-5-9(6-8)12-15-11(13)10(16-12)7-14-2/h3-6,14H,7H2,1-2H3. The van der Waals surface area contributed by atoms with Crippen LogP contribution in [-0.4, -0.2) is 12.0 Å². The second kappa shape index (κ2) is 5.08. The first-order valence-corrected chi connectivity index (χ1v) is 6.68. The summed E-state index contributed by atoms with van der Waals surface area (Å²) in [6, 6.07) is 8.42. The summed E-state index contributed by atoms with van der Waals surface area (Å²) < 4.78 is 0.948. The molecule has 0 unspecified atom stereocenters. The zero-order chi connectivity index (χ0) is 11.5. The molecule has 0 bridgehead atoms. The molecule has 0 saturated carbocycles. The van der Waals surface area contributed by atoms with E-state index in [0.29, 0.717) is 0 Å². The molecule has 0 saturated heterocycles. The van der Waals surface area contributed by atoms with Crippen molar-refractivity contribution in [3.8, 4) is 10.6 Å². The van der Waals surface area contributed by atoms with Gasteiger partial charge >= 0.3 is 0 Å². The number of benzene rings is 1. The van der Waals surface area contributed by atoms with E-state index < -0.39 is 0 Å². The molecule has 0 radical (unpaired) electrons. The smallest absolute Gasteiger partial charge is 0.125 e. The Bertz CT molecular complexity index is 494. The average molecular weight is 297 g/mol. The Hall–Kier alpha value is -0.710. The first kappa shape index (κ1) is 11.8. The van der Waals surface area contributed by atoms with Gasteiger partial charge in [-0.3, -0.25) is 0 Å². The van der Waals surface area contributed by atoms with E-state index >= 15 is 0 Å². The Kier molecular flexibility index (Phi) is 3.74. The van der Waals surface area contributed by atoms with Crippen molar-refractivity contribution in [2.75, 3.05) is 7.05 Å². The molecular formula is C12H13BrN2S. The number of hydrogen-bond donors (Lipinski definition) is 1. The maximum absolute atomic E-state index is 4.54. The van der Waals surface area contributed by atoms with Gasteiger partial charge in [-0.15, -0.1) is 11.3 Å². The van der Waals surface area contributed by atoms with E-state index in [2.05, 4.69) is 57.4 Å². The van der Waals surface area contributed by atoms with Crippen molar-refractivity contribution in [3.05, 3.63) is 39.3 Å². The van der Waals surface area contributed by atoms with Gasteiger partial charge in [0.15, 0.2) is 0 Å².